The lowest BCUT2D eigenvalue weighted by atomic mass is 10.1. The van der Waals surface area contributed by atoms with Gasteiger partial charge in [-0.1, -0.05) is 52.4 Å². The second kappa shape index (κ2) is 17.5. The zero-order chi connectivity index (χ0) is 30.9. The lowest BCUT2D eigenvalue weighted by Crippen LogP contribution is -2.18. The van der Waals surface area contributed by atoms with Crippen LogP contribution in [0.25, 0.3) is 0 Å². The third-order valence-corrected chi connectivity index (χ3v) is 6.43. The number of methoxy groups -OCH3 is 2. The first-order valence-electron chi connectivity index (χ1n) is 13.9. The molecule has 0 aliphatic rings. The monoisotopic (exact) mass is 572 g/mol. The number of benzene rings is 2. The van der Waals surface area contributed by atoms with Gasteiger partial charge >= 0.3 is 6.16 Å². The summed E-state index contributed by atoms with van der Waals surface area (Å²) in [5.74, 6) is -0.558. The summed E-state index contributed by atoms with van der Waals surface area (Å²) in [6.07, 6.45) is 6.53. The Balaban J connectivity index is 2.45. The van der Waals surface area contributed by atoms with Crippen molar-refractivity contribution in [1.29, 1.82) is 21.0 Å². The molecule has 2 aromatic rings. The number of nitrogens with zero attached hydrogens (tertiary/aromatic N) is 4. The van der Waals surface area contributed by atoms with E-state index in [4.69, 9.17) is 18.9 Å². The van der Waals surface area contributed by atoms with Crippen LogP contribution in [0.3, 0.4) is 0 Å². The maximum absolute atomic E-state index is 13.1. The van der Waals surface area contributed by atoms with E-state index in [1.165, 1.54) is 26.4 Å². The van der Waals surface area contributed by atoms with Gasteiger partial charge in [0.15, 0.2) is 23.0 Å². The van der Waals surface area contributed by atoms with Gasteiger partial charge in [0.2, 0.25) is 0 Å². The smallest absolute Gasteiger partial charge is 0.493 e. The lowest BCUT2D eigenvalue weighted by molar-refractivity contribution is 0.148. The molecule has 0 spiro atoms. The Morgan fingerprint density at radius 3 is 1.38 bits per heavy atom. The van der Waals surface area contributed by atoms with Crippen LogP contribution in [0.1, 0.15) is 87.5 Å². The maximum Gasteiger partial charge on any atom is 0.519 e. The first-order valence-corrected chi connectivity index (χ1v) is 13.9. The molecule has 0 aromatic heterocycles. The topological polar surface area (TPSA) is 173 Å². The minimum absolute atomic E-state index is 0.0293. The number of carbonyl (C=O) groups excluding carboxylic acids is 1. The number of ether oxygens (including phenoxy) is 4. The van der Waals surface area contributed by atoms with Crippen molar-refractivity contribution in [3.63, 3.8) is 0 Å². The Kier molecular flexibility index (Phi) is 13.8. The van der Waals surface area contributed by atoms with Gasteiger partial charge in [-0.15, -0.1) is 0 Å². The first-order chi connectivity index (χ1) is 20.4. The molecular formula is C31H36N6O5. The van der Waals surface area contributed by atoms with E-state index in [0.717, 1.165) is 51.4 Å². The molecule has 0 amide bonds. The van der Waals surface area contributed by atoms with Crippen LogP contribution >= 0.6 is 0 Å². The average molecular weight is 573 g/mol. The van der Waals surface area contributed by atoms with E-state index in [1.807, 2.05) is 24.3 Å². The standard InChI is InChI=1S/C31H36N6O5/c1-5-7-9-11-13-36-27-21(17-32)15-25(39-3)29(23(27)19-34)41-31(38)42-30-24(20-35)28(37-14-12-10-8-6-2)22(18-33)16-26(30)40-4/h15-16,36-37H,5-14H2,1-4H3. The molecule has 0 saturated carbocycles. The maximum atomic E-state index is 13.1. The van der Waals surface area contributed by atoms with E-state index in [2.05, 4.69) is 24.5 Å². The molecule has 2 N–H and O–H groups in total. The van der Waals surface area contributed by atoms with Crippen molar-refractivity contribution in [3.8, 4) is 47.3 Å². The number of rotatable bonds is 16. The highest BCUT2D eigenvalue weighted by Crippen LogP contribution is 2.41. The fraction of sp³-hybridized carbons (Fsp3) is 0.452. The summed E-state index contributed by atoms with van der Waals surface area (Å²) in [5, 5.41) is 45.6. The predicted octanol–water partition coefficient (Wildman–Crippen LogP) is 6.75. The molecule has 220 valence electrons. The van der Waals surface area contributed by atoms with Gasteiger partial charge < -0.3 is 29.6 Å². The van der Waals surface area contributed by atoms with Crippen LogP contribution in [0.4, 0.5) is 16.2 Å². The first kappa shape index (κ1) is 33.1. The van der Waals surface area contributed by atoms with E-state index in [-0.39, 0.29) is 56.6 Å². The van der Waals surface area contributed by atoms with Gasteiger partial charge in [0.25, 0.3) is 0 Å². The molecule has 11 nitrogen and oxygen atoms in total. The van der Waals surface area contributed by atoms with E-state index >= 15 is 0 Å². The molecule has 0 unspecified atom stereocenters. The molecule has 0 heterocycles. The Bertz CT molecular complexity index is 1310. The van der Waals surface area contributed by atoms with Gasteiger partial charge in [-0.2, -0.15) is 21.0 Å². The van der Waals surface area contributed by atoms with Crippen LogP contribution in [-0.2, 0) is 0 Å². The zero-order valence-corrected chi connectivity index (χ0v) is 24.6. The van der Waals surface area contributed by atoms with Crippen molar-refractivity contribution < 1.29 is 23.7 Å². The summed E-state index contributed by atoms with van der Waals surface area (Å²) in [4.78, 5) is 13.1. The molecule has 11 heteroatoms. The quantitative estimate of drug-likeness (QED) is 0.124. The van der Waals surface area contributed by atoms with E-state index in [1.54, 1.807) is 0 Å². The van der Waals surface area contributed by atoms with E-state index < -0.39 is 6.16 Å². The molecule has 2 aromatic carbocycles. The molecule has 0 saturated heterocycles. The normalized spacial score (nSPS) is 9.90. The van der Waals surface area contributed by atoms with Crippen molar-refractivity contribution in [2.45, 2.75) is 65.2 Å². The van der Waals surface area contributed by atoms with E-state index in [9.17, 15) is 25.8 Å². The molecule has 0 fully saturated rings. The highest BCUT2D eigenvalue weighted by atomic mass is 16.7. The van der Waals surface area contributed by atoms with Crippen LogP contribution in [0.15, 0.2) is 12.1 Å². The average Bonchev–Trinajstić information content (AvgIpc) is 3.00. The second-order valence-electron chi connectivity index (χ2n) is 9.29. The van der Waals surface area contributed by atoms with Crippen LogP contribution in [-0.4, -0.2) is 33.5 Å². The van der Waals surface area contributed by atoms with Crippen molar-refractivity contribution in [2.75, 3.05) is 37.9 Å². The summed E-state index contributed by atoms with van der Waals surface area (Å²) in [6, 6.07) is 10.8. The summed E-state index contributed by atoms with van der Waals surface area (Å²) < 4.78 is 21.6. The summed E-state index contributed by atoms with van der Waals surface area (Å²) in [7, 11) is 2.62. The van der Waals surface area contributed by atoms with Gasteiger partial charge in [0, 0.05) is 25.2 Å². The van der Waals surface area contributed by atoms with Gasteiger partial charge in [-0.05, 0) is 12.8 Å². The molecule has 0 aliphatic heterocycles. The minimum atomic E-state index is -1.28. The largest absolute Gasteiger partial charge is 0.519 e. The molecule has 0 aliphatic carbocycles. The SMILES string of the molecule is CCCCCCNc1c(C#N)cc(OC)c(OC(=O)Oc2c(OC)cc(C#N)c(NCCCCCC)c2C#N)c1C#N. The van der Waals surface area contributed by atoms with Crippen molar-refractivity contribution >= 4 is 17.5 Å². The number of nitriles is 4. The van der Waals surface area contributed by atoms with Crippen LogP contribution in [0.5, 0.6) is 23.0 Å². The number of nitrogens with one attached hydrogen (secondary N) is 2. The molecular weight excluding hydrogens is 536 g/mol. The third-order valence-electron chi connectivity index (χ3n) is 6.43. The van der Waals surface area contributed by atoms with Crippen molar-refractivity contribution in [1.82, 2.24) is 0 Å². The molecule has 42 heavy (non-hydrogen) atoms. The van der Waals surface area contributed by atoms with Gasteiger partial charge in [-0.3, -0.25) is 0 Å². The number of hydrogen-bond acceptors (Lipinski definition) is 11. The molecule has 0 bridgehead atoms. The Morgan fingerprint density at radius 1 is 0.667 bits per heavy atom. The van der Waals surface area contributed by atoms with Crippen LogP contribution in [0, 0.1) is 45.3 Å². The number of anilines is 2. The fourth-order valence-corrected chi connectivity index (χ4v) is 4.26. The number of unbranched alkanes of at least 4 members (excludes halogenated alkanes) is 6. The van der Waals surface area contributed by atoms with Gasteiger partial charge in [-0.25, -0.2) is 4.79 Å². The Hall–Kier alpha value is -5.13. The minimum Gasteiger partial charge on any atom is -0.493 e. The Morgan fingerprint density at radius 2 is 1.07 bits per heavy atom. The van der Waals surface area contributed by atoms with Crippen LogP contribution in [0.2, 0.25) is 0 Å². The van der Waals surface area contributed by atoms with Crippen molar-refractivity contribution in [3.05, 3.63) is 34.4 Å². The molecule has 0 atom stereocenters. The van der Waals surface area contributed by atoms with Crippen molar-refractivity contribution in [2.24, 2.45) is 0 Å². The lowest BCUT2D eigenvalue weighted by Gasteiger charge is -2.18. The molecule has 0 radical (unpaired) electrons. The zero-order valence-electron chi connectivity index (χ0n) is 24.6. The summed E-state index contributed by atoms with van der Waals surface area (Å²) in [6.45, 7) is 5.20. The number of carbonyl (C=O) groups is 1. The summed E-state index contributed by atoms with van der Waals surface area (Å²) >= 11 is 0. The third kappa shape index (κ3) is 8.43. The predicted molar refractivity (Wildman–Crippen MR) is 157 cm³/mol. The van der Waals surface area contributed by atoms with Gasteiger partial charge in [0.1, 0.15) is 35.4 Å². The summed E-state index contributed by atoms with van der Waals surface area (Å²) in [5.41, 5.74) is 0.497. The van der Waals surface area contributed by atoms with E-state index in [0.29, 0.717) is 13.1 Å². The highest BCUT2D eigenvalue weighted by molar-refractivity contribution is 5.81. The fourth-order valence-electron chi connectivity index (χ4n) is 4.26. The Labute approximate surface area is 247 Å². The highest BCUT2D eigenvalue weighted by Gasteiger charge is 2.27. The number of hydrogen-bond donors (Lipinski definition) is 2. The van der Waals surface area contributed by atoms with Gasteiger partial charge in [0.05, 0.1) is 36.7 Å². The molecule has 2 rings (SSSR count). The second-order valence-corrected chi connectivity index (χ2v) is 9.29. The van der Waals surface area contributed by atoms with Crippen LogP contribution < -0.4 is 29.6 Å².